The van der Waals surface area contributed by atoms with Gasteiger partial charge in [0.05, 0.1) is 44.8 Å². The highest BCUT2D eigenvalue weighted by Gasteiger charge is 2.22. The number of aliphatic imine (C=N–C) groups is 1. The van der Waals surface area contributed by atoms with Gasteiger partial charge in [-0.25, -0.2) is 4.98 Å². The maximum absolute atomic E-state index is 5.55. The summed E-state index contributed by atoms with van der Waals surface area (Å²) in [5.74, 6) is 0.224. The maximum Gasteiger partial charge on any atom is 0.0730 e. The van der Waals surface area contributed by atoms with E-state index in [0.29, 0.717) is 0 Å². The third-order valence-electron chi connectivity index (χ3n) is 13.4. The fraction of sp³-hybridized carbons (Fsp3) is 0.0328. The number of pyridine rings is 4. The Kier molecular flexibility index (Phi) is 9.49. The lowest BCUT2D eigenvalue weighted by Crippen LogP contribution is -2.03. The second kappa shape index (κ2) is 16.4. The topological polar surface area (TPSA) is 73.8 Å². The first-order chi connectivity index (χ1) is 33.7. The van der Waals surface area contributed by atoms with Crippen molar-refractivity contribution in [3.63, 3.8) is 0 Å². The smallest absolute Gasteiger partial charge is 0.0730 e. The molecule has 13 rings (SSSR count). The lowest BCUT2D eigenvalue weighted by atomic mass is 9.95. The summed E-state index contributed by atoms with van der Waals surface area (Å²) in [7, 11) is 0. The van der Waals surface area contributed by atoms with Crippen molar-refractivity contribution in [1.82, 2.24) is 29.1 Å². The van der Waals surface area contributed by atoms with Gasteiger partial charge < -0.3 is 9.13 Å². The Morgan fingerprint density at radius 1 is 0.412 bits per heavy atom. The predicted octanol–water partition coefficient (Wildman–Crippen LogP) is 14.5. The molecular weight excluding hydrogens is 831 g/mol. The van der Waals surface area contributed by atoms with Gasteiger partial charge in [0.25, 0.3) is 0 Å². The van der Waals surface area contributed by atoms with Crippen molar-refractivity contribution in [3.8, 4) is 67.3 Å². The van der Waals surface area contributed by atoms with Crippen LogP contribution >= 0.6 is 0 Å². The highest BCUT2D eigenvalue weighted by atomic mass is 15.0. The summed E-state index contributed by atoms with van der Waals surface area (Å²) in [6, 6.07) is 63.1. The zero-order valence-electron chi connectivity index (χ0n) is 36.9. The van der Waals surface area contributed by atoms with Crippen LogP contribution in [-0.4, -0.2) is 41.8 Å². The van der Waals surface area contributed by atoms with E-state index in [1.54, 1.807) is 0 Å². The number of nitrogens with zero attached hydrogens (tertiary/aromatic N) is 7. The van der Waals surface area contributed by atoms with Crippen LogP contribution in [0.3, 0.4) is 0 Å². The van der Waals surface area contributed by atoms with Crippen molar-refractivity contribution < 1.29 is 0 Å². The molecule has 320 valence electrons. The van der Waals surface area contributed by atoms with Gasteiger partial charge in [-0.1, -0.05) is 97.1 Å². The van der Waals surface area contributed by atoms with E-state index < -0.39 is 0 Å². The van der Waals surface area contributed by atoms with Crippen LogP contribution in [-0.2, 0) is 0 Å². The molecule has 1 aliphatic rings. The van der Waals surface area contributed by atoms with E-state index in [4.69, 9.17) is 4.98 Å². The molecule has 7 heterocycles. The average Bonchev–Trinajstić information content (AvgIpc) is 3.93. The number of allylic oxidation sites excluding steroid dienone is 1. The zero-order valence-corrected chi connectivity index (χ0v) is 36.9. The highest BCUT2D eigenvalue weighted by Crippen LogP contribution is 2.43. The molecule has 0 saturated carbocycles. The minimum atomic E-state index is 0.224. The molecule has 0 saturated heterocycles. The van der Waals surface area contributed by atoms with E-state index in [2.05, 4.69) is 199 Å². The van der Waals surface area contributed by atoms with Crippen LogP contribution in [0.4, 0.5) is 0 Å². The number of hydrogen-bond donors (Lipinski definition) is 0. The molecule has 1 aliphatic heterocycles. The first-order valence-electron chi connectivity index (χ1n) is 22.9. The highest BCUT2D eigenvalue weighted by molar-refractivity contribution is 6.17. The van der Waals surface area contributed by atoms with Gasteiger partial charge in [0, 0.05) is 105 Å². The van der Waals surface area contributed by atoms with Gasteiger partial charge >= 0.3 is 0 Å². The number of fused-ring (bicyclic) bond motifs is 6. The molecule has 12 aromatic rings. The van der Waals surface area contributed by atoms with Crippen molar-refractivity contribution in [1.29, 1.82) is 0 Å². The minimum absolute atomic E-state index is 0.224. The summed E-state index contributed by atoms with van der Waals surface area (Å²) in [6.07, 6.45) is 17.5. The van der Waals surface area contributed by atoms with Crippen molar-refractivity contribution in [2.24, 2.45) is 4.99 Å². The van der Waals surface area contributed by atoms with Crippen LogP contribution in [0.15, 0.2) is 230 Å². The fourth-order valence-corrected chi connectivity index (χ4v) is 10.3. The first-order valence-corrected chi connectivity index (χ1v) is 22.9. The molecule has 68 heavy (non-hydrogen) atoms. The Morgan fingerprint density at radius 3 is 1.57 bits per heavy atom. The normalized spacial score (nSPS) is 13.6. The quantitative estimate of drug-likeness (QED) is 0.152. The number of rotatable bonds is 8. The summed E-state index contributed by atoms with van der Waals surface area (Å²) < 4.78 is 4.81. The zero-order chi connectivity index (χ0) is 45.0. The van der Waals surface area contributed by atoms with E-state index in [0.717, 1.165) is 101 Å². The second-order valence-corrected chi connectivity index (χ2v) is 17.3. The Morgan fingerprint density at radius 2 is 0.956 bits per heavy atom. The summed E-state index contributed by atoms with van der Waals surface area (Å²) >= 11 is 0. The largest absolute Gasteiger partial charge is 0.309 e. The van der Waals surface area contributed by atoms with Crippen LogP contribution in [0.2, 0.25) is 0 Å². The van der Waals surface area contributed by atoms with Crippen molar-refractivity contribution in [3.05, 3.63) is 231 Å². The van der Waals surface area contributed by atoms with E-state index in [9.17, 15) is 0 Å². The third-order valence-corrected chi connectivity index (χ3v) is 13.4. The number of benzene rings is 6. The molecule has 0 radical (unpaired) electrons. The Labute approximate surface area is 392 Å². The Balaban J connectivity index is 0.981. The summed E-state index contributed by atoms with van der Waals surface area (Å²) in [5, 5.41) is 4.70. The lowest BCUT2D eigenvalue weighted by Gasteiger charge is -2.17. The van der Waals surface area contributed by atoms with E-state index in [1.807, 2.05) is 61.6 Å². The van der Waals surface area contributed by atoms with Crippen LogP contribution < -0.4 is 0 Å². The molecule has 0 fully saturated rings. The summed E-state index contributed by atoms with van der Waals surface area (Å²) in [5.41, 5.74) is 18.3. The molecule has 6 aromatic heterocycles. The number of dihydropyridines is 1. The van der Waals surface area contributed by atoms with Crippen molar-refractivity contribution >= 4 is 49.8 Å². The summed E-state index contributed by atoms with van der Waals surface area (Å²) in [4.78, 5) is 23.6. The second-order valence-electron chi connectivity index (χ2n) is 17.3. The van der Waals surface area contributed by atoms with Gasteiger partial charge in [-0.15, -0.1) is 0 Å². The lowest BCUT2D eigenvalue weighted by molar-refractivity contribution is 0.847. The van der Waals surface area contributed by atoms with Crippen LogP contribution in [0.5, 0.6) is 0 Å². The minimum Gasteiger partial charge on any atom is -0.309 e. The predicted molar refractivity (Wildman–Crippen MR) is 279 cm³/mol. The van der Waals surface area contributed by atoms with Crippen LogP contribution in [0.1, 0.15) is 11.5 Å². The van der Waals surface area contributed by atoms with Gasteiger partial charge in [-0.2, -0.15) is 0 Å². The maximum atomic E-state index is 5.55. The van der Waals surface area contributed by atoms with Gasteiger partial charge in [0.2, 0.25) is 0 Å². The molecule has 1 atom stereocenters. The van der Waals surface area contributed by atoms with Crippen molar-refractivity contribution in [2.75, 3.05) is 6.54 Å². The number of aromatic nitrogens is 6. The SMILES string of the molecule is C1=CC(c2ccc3c(c2)c2cc(-c4cccnc4)ccc2n3-c2ccccc2-c2cccc(-c3ccccc3-n3c4ccc(-c5cccnc5)cc4c4c(-c5cccnc5)cccc43)n2)CN=C1. The van der Waals surface area contributed by atoms with Gasteiger partial charge in [-0.05, 0) is 113 Å². The van der Waals surface area contributed by atoms with Crippen LogP contribution in [0, 0.1) is 0 Å². The van der Waals surface area contributed by atoms with Gasteiger partial charge in [0.1, 0.15) is 0 Å². The fourth-order valence-electron chi connectivity index (χ4n) is 10.3. The average molecular weight is 872 g/mol. The monoisotopic (exact) mass is 871 g/mol. The van der Waals surface area contributed by atoms with E-state index >= 15 is 0 Å². The molecular formula is C61H41N7. The van der Waals surface area contributed by atoms with E-state index in [1.165, 1.54) is 21.7 Å². The standard InChI is InChI=1S/C61H41N7/c1-3-20-55(67-57-26-23-40(43-11-7-29-62-36-43)33-50(57)51-34-41(24-27-58(51)67)44-12-8-30-63-37-44)48(15-1)53-18-6-19-54(66-53)49-16-2-4-21-56(49)68-59-28-25-42(45-13-9-31-64-38-45)35-52(59)61-47(17-5-22-60(61)68)46-14-10-32-65-39-46/h1-36,38-39,44H,37H2. The molecule has 7 nitrogen and oxygen atoms in total. The number of para-hydroxylation sites is 2. The molecule has 0 amide bonds. The molecule has 0 bridgehead atoms. The third kappa shape index (κ3) is 6.63. The molecule has 6 aromatic carbocycles. The van der Waals surface area contributed by atoms with Gasteiger partial charge in [-0.3, -0.25) is 19.9 Å². The van der Waals surface area contributed by atoms with Gasteiger partial charge in [0.15, 0.2) is 0 Å². The Bertz CT molecular complexity index is 3940. The van der Waals surface area contributed by atoms with Crippen molar-refractivity contribution in [2.45, 2.75) is 5.92 Å². The molecule has 7 heteroatoms. The Hall–Kier alpha value is -9.07. The molecule has 1 unspecified atom stereocenters. The molecule has 0 aliphatic carbocycles. The first kappa shape index (κ1) is 39.3. The number of hydrogen-bond acceptors (Lipinski definition) is 5. The van der Waals surface area contributed by atoms with Crippen LogP contribution in [0.25, 0.3) is 111 Å². The molecule has 0 N–H and O–H groups in total. The summed E-state index contributed by atoms with van der Waals surface area (Å²) in [6.45, 7) is 0.742. The van der Waals surface area contributed by atoms with E-state index in [-0.39, 0.29) is 5.92 Å². The molecule has 0 spiro atoms.